The number of hydrogen-bond donors (Lipinski definition) is 2. The van der Waals surface area contributed by atoms with Crippen molar-refractivity contribution in [2.24, 2.45) is 0 Å². The van der Waals surface area contributed by atoms with E-state index in [1.807, 2.05) is 6.92 Å². The maximum absolute atomic E-state index is 11.0. The molecule has 0 aromatic rings. The monoisotopic (exact) mass is 252 g/mol. The Morgan fingerprint density at radius 1 is 1.00 bits per heavy atom. The van der Waals surface area contributed by atoms with Gasteiger partial charge in [-0.15, -0.1) is 0 Å². The van der Waals surface area contributed by atoms with E-state index in [0.717, 1.165) is 38.5 Å². The summed E-state index contributed by atoms with van der Waals surface area (Å²) in [5.74, 6) is 0. The molecular formula is C11H24O4S. The summed E-state index contributed by atoms with van der Waals surface area (Å²) in [5.41, 5.74) is 0. The lowest BCUT2D eigenvalue weighted by Gasteiger charge is -2.12. The molecular weight excluding hydrogens is 228 g/mol. The van der Waals surface area contributed by atoms with Crippen LogP contribution in [0.2, 0.25) is 0 Å². The summed E-state index contributed by atoms with van der Waals surface area (Å²) in [6, 6.07) is 0. The van der Waals surface area contributed by atoms with Crippen LogP contribution in [0.3, 0.4) is 0 Å². The fourth-order valence-electron chi connectivity index (χ4n) is 1.78. The van der Waals surface area contributed by atoms with Gasteiger partial charge in [0.05, 0.1) is 5.25 Å². The van der Waals surface area contributed by atoms with E-state index in [9.17, 15) is 8.42 Å². The maximum Gasteiger partial charge on any atom is 0.267 e. The lowest BCUT2D eigenvalue weighted by atomic mass is 10.1. The van der Waals surface area contributed by atoms with Gasteiger partial charge in [0.15, 0.2) is 0 Å². The fourth-order valence-corrected chi connectivity index (χ4v) is 2.78. The summed E-state index contributed by atoms with van der Waals surface area (Å²) in [7, 11) is -3.86. The summed E-state index contributed by atoms with van der Waals surface area (Å²) in [6.45, 7) is 2.14. The molecule has 0 aliphatic rings. The summed E-state index contributed by atoms with van der Waals surface area (Å²) in [4.78, 5) is 0. The molecule has 0 spiro atoms. The van der Waals surface area contributed by atoms with Crippen molar-refractivity contribution in [3.8, 4) is 0 Å². The second kappa shape index (κ2) is 8.96. The Bertz CT molecular complexity index is 249. The van der Waals surface area contributed by atoms with Gasteiger partial charge in [0.2, 0.25) is 0 Å². The van der Waals surface area contributed by atoms with Gasteiger partial charge in [-0.2, -0.15) is 8.42 Å². The molecule has 0 saturated carbocycles. The molecule has 98 valence electrons. The zero-order valence-electron chi connectivity index (χ0n) is 10.1. The smallest absolute Gasteiger partial charge is 0.267 e. The molecule has 0 aliphatic heterocycles. The second-order valence-corrected chi connectivity index (χ2v) is 5.90. The van der Waals surface area contributed by atoms with E-state index in [0.29, 0.717) is 12.8 Å². The zero-order chi connectivity index (χ0) is 12.4. The van der Waals surface area contributed by atoms with E-state index < -0.39 is 15.4 Å². The molecule has 0 aliphatic carbocycles. The summed E-state index contributed by atoms with van der Waals surface area (Å²) in [6.07, 6.45) is 6.48. The molecule has 5 heteroatoms. The number of rotatable bonds is 10. The van der Waals surface area contributed by atoms with Crippen LogP contribution in [0.15, 0.2) is 0 Å². The first-order chi connectivity index (χ1) is 7.52. The van der Waals surface area contributed by atoms with Crippen molar-refractivity contribution in [2.45, 2.75) is 63.5 Å². The Hall–Kier alpha value is -0.130. The van der Waals surface area contributed by atoms with Crippen LogP contribution in [0, 0.1) is 0 Å². The molecule has 16 heavy (non-hydrogen) atoms. The lowest BCUT2D eigenvalue weighted by molar-refractivity contribution is 0.282. The third-order valence-electron chi connectivity index (χ3n) is 2.72. The summed E-state index contributed by atoms with van der Waals surface area (Å²) in [5, 5.41) is 7.99. The number of aliphatic hydroxyl groups is 1. The molecule has 0 heterocycles. The average Bonchev–Trinajstić information content (AvgIpc) is 2.20. The van der Waals surface area contributed by atoms with Gasteiger partial charge in [0.1, 0.15) is 0 Å². The van der Waals surface area contributed by atoms with Gasteiger partial charge in [-0.05, 0) is 19.3 Å². The van der Waals surface area contributed by atoms with E-state index in [2.05, 4.69) is 0 Å². The van der Waals surface area contributed by atoms with Crippen LogP contribution in [-0.4, -0.2) is 29.9 Å². The Balaban J connectivity index is 3.70. The largest absolute Gasteiger partial charge is 0.396 e. The first kappa shape index (κ1) is 15.9. The quantitative estimate of drug-likeness (QED) is 0.462. The molecule has 0 rings (SSSR count). The van der Waals surface area contributed by atoms with Crippen LogP contribution in [0.5, 0.6) is 0 Å². The Morgan fingerprint density at radius 2 is 1.56 bits per heavy atom. The van der Waals surface area contributed by atoms with E-state index >= 15 is 0 Å². The standard InChI is InChI=1S/C11H24O4S/c1-2-8-11(16(13,14)15)9-6-4-3-5-7-10-12/h11-12H,2-10H2,1H3,(H,13,14,15). The minimum atomic E-state index is -3.86. The topological polar surface area (TPSA) is 74.6 Å². The molecule has 0 radical (unpaired) electrons. The highest BCUT2D eigenvalue weighted by molar-refractivity contribution is 7.86. The number of unbranched alkanes of at least 4 members (excludes halogenated alkanes) is 4. The normalized spacial score (nSPS) is 13.9. The van der Waals surface area contributed by atoms with Crippen LogP contribution < -0.4 is 0 Å². The van der Waals surface area contributed by atoms with E-state index in [1.54, 1.807) is 0 Å². The first-order valence-corrected chi connectivity index (χ1v) is 7.59. The van der Waals surface area contributed by atoms with Crippen LogP contribution in [-0.2, 0) is 10.1 Å². The Kier molecular flexibility index (Phi) is 8.89. The third-order valence-corrected chi connectivity index (χ3v) is 4.03. The molecule has 2 N–H and O–H groups in total. The van der Waals surface area contributed by atoms with Crippen molar-refractivity contribution in [3.63, 3.8) is 0 Å². The molecule has 0 aromatic heterocycles. The van der Waals surface area contributed by atoms with Gasteiger partial charge in [0, 0.05) is 6.61 Å². The van der Waals surface area contributed by atoms with Crippen molar-refractivity contribution in [2.75, 3.05) is 6.61 Å². The molecule has 0 bridgehead atoms. The highest BCUT2D eigenvalue weighted by atomic mass is 32.2. The molecule has 1 unspecified atom stereocenters. The minimum Gasteiger partial charge on any atom is -0.396 e. The molecule has 0 saturated heterocycles. The van der Waals surface area contributed by atoms with Crippen molar-refractivity contribution in [1.82, 2.24) is 0 Å². The zero-order valence-corrected chi connectivity index (χ0v) is 10.9. The molecule has 0 amide bonds. The van der Waals surface area contributed by atoms with Crippen molar-refractivity contribution in [1.29, 1.82) is 0 Å². The van der Waals surface area contributed by atoms with E-state index in [4.69, 9.17) is 9.66 Å². The molecule has 1 atom stereocenters. The van der Waals surface area contributed by atoms with Gasteiger partial charge < -0.3 is 5.11 Å². The second-order valence-electron chi connectivity index (χ2n) is 4.21. The number of hydrogen-bond acceptors (Lipinski definition) is 3. The molecule has 0 aromatic carbocycles. The Labute approximate surface area is 98.8 Å². The summed E-state index contributed by atoms with van der Waals surface area (Å²) >= 11 is 0. The van der Waals surface area contributed by atoms with Crippen molar-refractivity contribution >= 4 is 10.1 Å². The van der Waals surface area contributed by atoms with Gasteiger partial charge in [-0.25, -0.2) is 0 Å². The number of aliphatic hydroxyl groups excluding tert-OH is 1. The summed E-state index contributed by atoms with van der Waals surface area (Å²) < 4.78 is 31.0. The SMILES string of the molecule is CCCC(CCCCCCCO)S(=O)(=O)O. The van der Waals surface area contributed by atoms with Gasteiger partial charge in [-0.1, -0.05) is 39.0 Å². The van der Waals surface area contributed by atoms with Gasteiger partial charge >= 0.3 is 0 Å². The van der Waals surface area contributed by atoms with Gasteiger partial charge in [0.25, 0.3) is 10.1 Å². The third kappa shape index (κ3) is 8.07. The first-order valence-electron chi connectivity index (χ1n) is 6.09. The maximum atomic E-state index is 11.0. The Morgan fingerprint density at radius 3 is 2.06 bits per heavy atom. The average molecular weight is 252 g/mol. The highest BCUT2D eigenvalue weighted by Gasteiger charge is 2.20. The minimum absolute atomic E-state index is 0.226. The predicted octanol–water partition coefficient (Wildman–Crippen LogP) is 2.38. The predicted molar refractivity (Wildman–Crippen MR) is 65.0 cm³/mol. The van der Waals surface area contributed by atoms with Crippen molar-refractivity contribution < 1.29 is 18.1 Å². The van der Waals surface area contributed by atoms with E-state index in [1.165, 1.54) is 0 Å². The van der Waals surface area contributed by atoms with Crippen LogP contribution in [0.25, 0.3) is 0 Å². The fraction of sp³-hybridized carbons (Fsp3) is 1.00. The van der Waals surface area contributed by atoms with Crippen LogP contribution in [0.1, 0.15) is 58.3 Å². The van der Waals surface area contributed by atoms with Crippen LogP contribution >= 0.6 is 0 Å². The molecule has 0 fully saturated rings. The molecule has 4 nitrogen and oxygen atoms in total. The van der Waals surface area contributed by atoms with E-state index in [-0.39, 0.29) is 6.61 Å². The van der Waals surface area contributed by atoms with Crippen molar-refractivity contribution in [3.05, 3.63) is 0 Å². The van der Waals surface area contributed by atoms with Gasteiger partial charge in [-0.3, -0.25) is 4.55 Å². The van der Waals surface area contributed by atoms with Crippen LogP contribution in [0.4, 0.5) is 0 Å². The lowest BCUT2D eigenvalue weighted by Crippen LogP contribution is -2.20. The highest BCUT2D eigenvalue weighted by Crippen LogP contribution is 2.16.